The summed E-state index contributed by atoms with van der Waals surface area (Å²) < 4.78 is 0.810. The number of thiazole rings is 1. The minimum absolute atomic E-state index is 0.103. The Morgan fingerprint density at radius 3 is 2.58 bits per heavy atom. The van der Waals surface area contributed by atoms with Crippen molar-refractivity contribution in [3.8, 4) is 0 Å². The van der Waals surface area contributed by atoms with Crippen LogP contribution < -0.4 is 5.32 Å². The molecule has 0 atom stereocenters. The number of amides is 1. The van der Waals surface area contributed by atoms with E-state index in [1.165, 1.54) is 11.3 Å². The zero-order chi connectivity index (χ0) is 14.3. The highest BCUT2D eigenvalue weighted by Gasteiger charge is 2.27. The second-order valence-electron chi connectivity index (χ2n) is 4.76. The first-order valence-electron chi connectivity index (χ1n) is 6.58. The summed E-state index contributed by atoms with van der Waals surface area (Å²) in [4.78, 5) is 16.9. The molecule has 1 heterocycles. The van der Waals surface area contributed by atoms with E-state index < -0.39 is 5.60 Å². The molecule has 0 aromatic carbocycles. The molecule has 0 unspecified atom stereocenters. The van der Waals surface area contributed by atoms with E-state index in [-0.39, 0.29) is 12.3 Å². The highest BCUT2D eigenvalue weighted by Crippen LogP contribution is 2.23. The van der Waals surface area contributed by atoms with Crippen molar-refractivity contribution in [2.24, 2.45) is 0 Å². The molecule has 0 aliphatic rings. The number of carbonyl (C=O) groups is 1. The number of aliphatic hydroxyl groups is 1. The average molecular weight is 349 g/mol. The van der Waals surface area contributed by atoms with Crippen LogP contribution in [0.3, 0.4) is 0 Å². The number of hydrogen-bond donors (Lipinski definition) is 2. The molecule has 1 amide bonds. The van der Waals surface area contributed by atoms with Crippen LogP contribution in [0.25, 0.3) is 0 Å². The zero-order valence-corrected chi connectivity index (χ0v) is 13.8. The van der Waals surface area contributed by atoms with Gasteiger partial charge < -0.3 is 10.4 Å². The van der Waals surface area contributed by atoms with E-state index in [0.717, 1.165) is 21.6 Å². The highest BCUT2D eigenvalue weighted by atomic mass is 79.9. The van der Waals surface area contributed by atoms with Gasteiger partial charge in [0.1, 0.15) is 0 Å². The van der Waals surface area contributed by atoms with Crippen molar-refractivity contribution in [1.29, 1.82) is 0 Å². The van der Waals surface area contributed by atoms with E-state index in [2.05, 4.69) is 26.2 Å². The maximum atomic E-state index is 11.9. The van der Waals surface area contributed by atoms with Crippen molar-refractivity contribution in [2.45, 2.75) is 58.1 Å². The largest absolute Gasteiger partial charge is 0.389 e. The van der Waals surface area contributed by atoms with Gasteiger partial charge in [-0.3, -0.25) is 4.79 Å². The third-order valence-corrected chi connectivity index (χ3v) is 4.38. The van der Waals surface area contributed by atoms with Gasteiger partial charge in [0.05, 0.1) is 18.6 Å². The number of nitrogens with zero attached hydrogens (tertiary/aromatic N) is 1. The number of hydrogen-bond acceptors (Lipinski definition) is 4. The summed E-state index contributed by atoms with van der Waals surface area (Å²) in [7, 11) is 0. The Morgan fingerprint density at radius 1 is 1.47 bits per heavy atom. The summed E-state index contributed by atoms with van der Waals surface area (Å²) in [6, 6.07) is 0. The number of rotatable bonds is 8. The Labute approximate surface area is 126 Å². The summed E-state index contributed by atoms with van der Waals surface area (Å²) in [5.74, 6) is -0.103. The van der Waals surface area contributed by atoms with Gasteiger partial charge in [-0.2, -0.15) is 0 Å². The average Bonchev–Trinajstić information content (AvgIpc) is 2.73. The van der Waals surface area contributed by atoms with E-state index in [4.69, 9.17) is 0 Å². The first-order chi connectivity index (χ1) is 8.99. The van der Waals surface area contributed by atoms with E-state index in [1.54, 1.807) is 6.20 Å². The number of aromatic nitrogens is 1. The van der Waals surface area contributed by atoms with Gasteiger partial charge >= 0.3 is 0 Å². The molecule has 19 heavy (non-hydrogen) atoms. The van der Waals surface area contributed by atoms with E-state index >= 15 is 0 Å². The first-order valence-corrected chi connectivity index (χ1v) is 8.19. The predicted molar refractivity (Wildman–Crippen MR) is 81.0 cm³/mol. The monoisotopic (exact) mass is 348 g/mol. The topological polar surface area (TPSA) is 62.2 Å². The van der Waals surface area contributed by atoms with Crippen molar-refractivity contribution >= 4 is 33.2 Å². The van der Waals surface area contributed by atoms with Crippen LogP contribution in [0, 0.1) is 0 Å². The maximum Gasteiger partial charge on any atom is 0.223 e. The third-order valence-electron chi connectivity index (χ3n) is 2.91. The van der Waals surface area contributed by atoms with Crippen molar-refractivity contribution in [1.82, 2.24) is 10.3 Å². The summed E-state index contributed by atoms with van der Waals surface area (Å²) in [6.45, 7) is 4.51. The quantitative estimate of drug-likeness (QED) is 0.757. The Morgan fingerprint density at radius 2 is 2.11 bits per heavy atom. The fourth-order valence-corrected chi connectivity index (χ4v) is 3.44. The number of halogens is 1. The minimum Gasteiger partial charge on any atom is -0.389 e. The predicted octanol–water partition coefficient (Wildman–Crippen LogP) is 3.24. The Kier molecular flexibility index (Phi) is 6.96. The standard InChI is InChI=1S/C13H21BrN2O2S/c1-3-5-13(18,6-4-2)7-11(17)15-8-10-9-16-12(14)19-10/h9,18H,3-8H2,1-2H3,(H,15,17). The van der Waals surface area contributed by atoms with Gasteiger partial charge in [-0.25, -0.2) is 4.98 Å². The molecule has 1 aromatic rings. The molecule has 0 saturated carbocycles. The second kappa shape index (κ2) is 7.97. The van der Waals surface area contributed by atoms with Crippen LogP contribution in [-0.4, -0.2) is 21.6 Å². The Balaban J connectivity index is 2.44. The van der Waals surface area contributed by atoms with Crippen molar-refractivity contribution < 1.29 is 9.90 Å². The molecular formula is C13H21BrN2O2S. The fourth-order valence-electron chi connectivity index (χ4n) is 2.14. The summed E-state index contributed by atoms with van der Waals surface area (Å²) in [5, 5.41) is 13.2. The van der Waals surface area contributed by atoms with E-state index in [0.29, 0.717) is 19.4 Å². The molecule has 0 radical (unpaired) electrons. The highest BCUT2D eigenvalue weighted by molar-refractivity contribution is 9.11. The van der Waals surface area contributed by atoms with Crippen LogP contribution in [0.15, 0.2) is 10.1 Å². The summed E-state index contributed by atoms with van der Waals surface area (Å²) in [6.07, 6.45) is 5.01. The molecule has 0 saturated heterocycles. The van der Waals surface area contributed by atoms with Crippen LogP contribution in [-0.2, 0) is 11.3 Å². The Bertz CT molecular complexity index is 403. The van der Waals surface area contributed by atoms with Crippen LogP contribution in [0.2, 0.25) is 0 Å². The van der Waals surface area contributed by atoms with Crippen molar-refractivity contribution in [2.75, 3.05) is 0 Å². The van der Waals surface area contributed by atoms with Gasteiger partial charge in [0, 0.05) is 11.1 Å². The smallest absolute Gasteiger partial charge is 0.223 e. The molecule has 2 N–H and O–H groups in total. The SMILES string of the molecule is CCCC(O)(CCC)CC(=O)NCc1cnc(Br)s1. The third kappa shape index (κ3) is 6.01. The van der Waals surface area contributed by atoms with Crippen LogP contribution in [0.5, 0.6) is 0 Å². The van der Waals surface area contributed by atoms with Crippen molar-refractivity contribution in [3.05, 3.63) is 15.0 Å². The van der Waals surface area contributed by atoms with E-state index in [1.807, 2.05) is 13.8 Å². The fraction of sp³-hybridized carbons (Fsp3) is 0.692. The lowest BCUT2D eigenvalue weighted by Crippen LogP contribution is -2.36. The van der Waals surface area contributed by atoms with E-state index in [9.17, 15) is 9.90 Å². The molecule has 4 nitrogen and oxygen atoms in total. The number of carbonyl (C=O) groups excluding carboxylic acids is 1. The number of nitrogens with one attached hydrogen (secondary N) is 1. The van der Waals surface area contributed by atoms with Gasteiger partial charge in [-0.05, 0) is 28.8 Å². The normalized spacial score (nSPS) is 11.6. The lowest BCUT2D eigenvalue weighted by Gasteiger charge is -2.26. The minimum atomic E-state index is -0.859. The molecule has 108 valence electrons. The zero-order valence-electron chi connectivity index (χ0n) is 11.4. The summed E-state index contributed by atoms with van der Waals surface area (Å²) >= 11 is 4.78. The van der Waals surface area contributed by atoms with Crippen molar-refractivity contribution in [3.63, 3.8) is 0 Å². The van der Waals surface area contributed by atoms with Gasteiger partial charge in [0.15, 0.2) is 3.92 Å². The molecule has 1 aromatic heterocycles. The van der Waals surface area contributed by atoms with Gasteiger partial charge in [-0.15, -0.1) is 11.3 Å². The molecule has 0 aliphatic heterocycles. The molecule has 0 bridgehead atoms. The molecule has 0 aliphatic carbocycles. The summed E-state index contributed by atoms with van der Waals surface area (Å²) in [5.41, 5.74) is -0.859. The van der Waals surface area contributed by atoms with Gasteiger partial charge in [0.2, 0.25) is 5.91 Å². The molecule has 6 heteroatoms. The maximum absolute atomic E-state index is 11.9. The Hall–Kier alpha value is -0.460. The lowest BCUT2D eigenvalue weighted by atomic mass is 9.89. The van der Waals surface area contributed by atoms with Gasteiger partial charge in [0.25, 0.3) is 0 Å². The molecular weight excluding hydrogens is 328 g/mol. The van der Waals surface area contributed by atoms with Gasteiger partial charge in [-0.1, -0.05) is 26.7 Å². The molecule has 0 fully saturated rings. The first kappa shape index (κ1) is 16.6. The molecule has 1 rings (SSSR count). The second-order valence-corrected chi connectivity index (χ2v) is 7.15. The van der Waals surface area contributed by atoms with Crippen LogP contribution >= 0.6 is 27.3 Å². The lowest BCUT2D eigenvalue weighted by molar-refractivity contribution is -0.126. The van der Waals surface area contributed by atoms with Crippen LogP contribution in [0.1, 0.15) is 50.8 Å². The van der Waals surface area contributed by atoms with Crippen LogP contribution in [0.4, 0.5) is 0 Å². The molecule has 0 spiro atoms.